The van der Waals surface area contributed by atoms with Crippen LogP contribution in [0.4, 0.5) is 5.69 Å². The van der Waals surface area contributed by atoms with Crippen LogP contribution in [-0.2, 0) is 0 Å². The summed E-state index contributed by atoms with van der Waals surface area (Å²) in [5, 5.41) is 10.2. The lowest BCUT2D eigenvalue weighted by Crippen LogP contribution is -2.34. The summed E-state index contributed by atoms with van der Waals surface area (Å²) in [6.45, 7) is 9.82. The van der Waals surface area contributed by atoms with Gasteiger partial charge in [-0.15, -0.1) is 11.3 Å². The van der Waals surface area contributed by atoms with E-state index in [-0.39, 0.29) is 14.7 Å². The fourth-order valence-electron chi connectivity index (χ4n) is 4.41. The molecule has 1 saturated heterocycles. The van der Waals surface area contributed by atoms with Gasteiger partial charge < -0.3 is 15.5 Å². The van der Waals surface area contributed by atoms with Gasteiger partial charge in [0.05, 0.1) is 33.6 Å². The first-order chi connectivity index (χ1) is 17.3. The number of hydrogen-bond donors (Lipinski definition) is 2. The maximum atomic E-state index is 13.1. The molecule has 36 heavy (non-hydrogen) atoms. The number of thiazole rings is 1. The summed E-state index contributed by atoms with van der Waals surface area (Å²) in [6.07, 6.45) is 9.63. The molecule has 10 heteroatoms. The number of aryl methyl sites for hydroxylation is 1. The highest BCUT2D eigenvalue weighted by molar-refractivity contribution is 7.21. The van der Waals surface area contributed by atoms with Crippen LogP contribution < -0.4 is 10.6 Å². The van der Waals surface area contributed by atoms with Gasteiger partial charge in [0.2, 0.25) is 0 Å². The molecule has 190 valence electrons. The van der Waals surface area contributed by atoms with Gasteiger partial charge in [-0.1, -0.05) is 13.8 Å². The quantitative estimate of drug-likeness (QED) is 0.385. The minimum absolute atomic E-state index is 0. The van der Waals surface area contributed by atoms with Crippen molar-refractivity contribution in [1.29, 1.82) is 0 Å². The molecule has 0 aliphatic carbocycles. The Bertz CT molecular complexity index is 1420. The van der Waals surface area contributed by atoms with Crippen LogP contribution in [0, 0.1) is 12.3 Å². The van der Waals surface area contributed by atoms with Crippen molar-refractivity contribution in [3.05, 3.63) is 66.0 Å². The summed E-state index contributed by atoms with van der Waals surface area (Å²) in [5.74, 6) is -0.503. The molecule has 0 unspecified atom stereocenters. The Morgan fingerprint density at radius 2 is 2.00 bits per heavy atom. The van der Waals surface area contributed by atoms with E-state index in [1.807, 2.05) is 18.3 Å². The molecule has 5 rings (SSSR count). The van der Waals surface area contributed by atoms with Crippen molar-refractivity contribution < 1.29 is 12.4 Å². The first-order valence-electron chi connectivity index (χ1n) is 12.0. The Balaban J connectivity index is 0.00000200. The lowest BCUT2D eigenvalue weighted by Gasteiger charge is -2.19. The van der Waals surface area contributed by atoms with Crippen LogP contribution >= 0.6 is 11.3 Å². The van der Waals surface area contributed by atoms with Gasteiger partial charge in [-0.2, -0.15) is 5.10 Å². The molecule has 0 radical (unpaired) electrons. The van der Waals surface area contributed by atoms with Crippen LogP contribution in [0.15, 0.2) is 49.2 Å². The molecule has 0 atom stereocenters. The Hall–Kier alpha value is -3.63. The predicted octanol–water partition coefficient (Wildman–Crippen LogP) is 4.37. The number of nitrogens with zero attached hydrogens (tertiary/aromatic N) is 5. The third-order valence-electron chi connectivity index (χ3n) is 6.47. The van der Waals surface area contributed by atoms with Crippen molar-refractivity contribution in [3.63, 3.8) is 0 Å². The Morgan fingerprint density at radius 1 is 1.19 bits per heavy atom. The summed E-state index contributed by atoms with van der Waals surface area (Å²) >= 11 is 1.48. The molecule has 2 amide bonds. The van der Waals surface area contributed by atoms with Crippen LogP contribution in [-0.4, -0.2) is 62.5 Å². The van der Waals surface area contributed by atoms with Gasteiger partial charge in [0, 0.05) is 47.3 Å². The van der Waals surface area contributed by atoms with Crippen molar-refractivity contribution in [1.82, 2.24) is 29.8 Å². The molecule has 4 aromatic rings. The molecule has 9 nitrogen and oxygen atoms in total. The van der Waals surface area contributed by atoms with Crippen LogP contribution in [0.25, 0.3) is 15.3 Å². The second kappa shape index (κ2) is 9.79. The van der Waals surface area contributed by atoms with Crippen LogP contribution in [0.3, 0.4) is 0 Å². The standard InChI is InChI=1S/C26H29N7O2S.2H2/c1-17-21(12-19(13-29-17)23(34)28-9-11-32-10-6-26(2,3)16-32)31-24(35)20-14-30-33-15-22(36-25(20)33)18-4-7-27-8-5-18;;/h4-5,7-8,12-15H,6,9-11,16H2,1-3H3,(H,28,34)(H,31,35);2*1H. The molecular weight excluding hydrogens is 474 g/mol. The first kappa shape index (κ1) is 24.1. The smallest absolute Gasteiger partial charge is 0.260 e. The Morgan fingerprint density at radius 3 is 2.75 bits per heavy atom. The molecule has 4 aromatic heterocycles. The predicted molar refractivity (Wildman–Crippen MR) is 145 cm³/mol. The van der Waals surface area contributed by atoms with Crippen molar-refractivity contribution in [2.45, 2.75) is 27.2 Å². The number of rotatable bonds is 7. The average molecular weight is 508 g/mol. The molecule has 0 spiro atoms. The highest BCUT2D eigenvalue weighted by Gasteiger charge is 2.28. The zero-order valence-corrected chi connectivity index (χ0v) is 21.4. The van der Waals surface area contributed by atoms with E-state index in [4.69, 9.17) is 0 Å². The lowest BCUT2D eigenvalue weighted by atomic mass is 9.93. The number of amides is 2. The number of likely N-dealkylation sites (tertiary alicyclic amines) is 1. The molecule has 0 saturated carbocycles. The van der Waals surface area contributed by atoms with Gasteiger partial charge >= 0.3 is 0 Å². The first-order valence-corrected chi connectivity index (χ1v) is 12.8. The number of nitrogens with one attached hydrogen (secondary N) is 2. The van der Waals surface area contributed by atoms with Crippen molar-refractivity contribution >= 4 is 33.7 Å². The number of fused-ring (bicyclic) bond motifs is 1. The summed E-state index contributed by atoms with van der Waals surface area (Å²) < 4.78 is 1.70. The van der Waals surface area contributed by atoms with Crippen molar-refractivity contribution in [2.24, 2.45) is 5.41 Å². The van der Waals surface area contributed by atoms with Crippen molar-refractivity contribution in [2.75, 3.05) is 31.5 Å². The number of pyridine rings is 2. The monoisotopic (exact) mass is 507 g/mol. The fraction of sp³-hybridized carbons (Fsp3) is 0.346. The number of carbonyl (C=O) groups excluding carboxylic acids is 2. The second-order valence-electron chi connectivity index (χ2n) is 9.90. The van der Waals surface area contributed by atoms with E-state index < -0.39 is 0 Å². The minimum Gasteiger partial charge on any atom is -0.351 e. The van der Waals surface area contributed by atoms with E-state index >= 15 is 0 Å². The largest absolute Gasteiger partial charge is 0.351 e. The maximum absolute atomic E-state index is 13.1. The zero-order chi connectivity index (χ0) is 25.3. The molecule has 1 fully saturated rings. The van der Waals surface area contributed by atoms with E-state index in [1.165, 1.54) is 24.0 Å². The van der Waals surface area contributed by atoms with Crippen LogP contribution in [0.2, 0.25) is 0 Å². The van der Waals surface area contributed by atoms with E-state index in [0.717, 1.165) is 34.9 Å². The third kappa shape index (κ3) is 5.14. The Labute approximate surface area is 216 Å². The molecule has 5 heterocycles. The average Bonchev–Trinajstić information content (AvgIpc) is 3.54. The van der Waals surface area contributed by atoms with Gasteiger partial charge in [-0.3, -0.25) is 19.6 Å². The SMILES string of the molecule is Cc1ncc(C(=O)NCCN2CCC(C)(C)C2)cc1NC(=O)c1cnn2cc(-c3ccncc3)sc12.[HH].[HH]. The van der Waals surface area contributed by atoms with Crippen LogP contribution in [0.5, 0.6) is 0 Å². The summed E-state index contributed by atoms with van der Waals surface area (Å²) in [6, 6.07) is 5.51. The lowest BCUT2D eigenvalue weighted by molar-refractivity contribution is 0.0947. The zero-order valence-electron chi connectivity index (χ0n) is 20.6. The summed E-state index contributed by atoms with van der Waals surface area (Å²) in [7, 11) is 0. The van der Waals surface area contributed by atoms with E-state index in [1.54, 1.807) is 36.1 Å². The maximum Gasteiger partial charge on any atom is 0.260 e. The fourth-order valence-corrected chi connectivity index (χ4v) is 5.47. The van der Waals surface area contributed by atoms with E-state index in [2.05, 4.69) is 44.4 Å². The highest BCUT2D eigenvalue weighted by Crippen LogP contribution is 2.31. The van der Waals surface area contributed by atoms with Gasteiger partial charge in [0.15, 0.2) is 0 Å². The molecule has 1 aliphatic heterocycles. The third-order valence-corrected chi connectivity index (χ3v) is 7.63. The van der Waals surface area contributed by atoms with Gasteiger partial charge in [-0.05, 0) is 49.1 Å². The number of anilines is 1. The summed E-state index contributed by atoms with van der Waals surface area (Å²) in [4.78, 5) is 38.4. The number of hydrogen-bond acceptors (Lipinski definition) is 7. The number of aromatic nitrogens is 4. The molecule has 1 aliphatic rings. The molecule has 2 N–H and O–H groups in total. The normalized spacial score (nSPS) is 15.3. The van der Waals surface area contributed by atoms with Crippen molar-refractivity contribution in [3.8, 4) is 10.4 Å². The number of carbonyl (C=O) groups is 2. The topological polar surface area (TPSA) is 105 Å². The summed E-state index contributed by atoms with van der Waals surface area (Å²) in [5.41, 5.74) is 3.35. The van der Waals surface area contributed by atoms with Gasteiger partial charge in [0.25, 0.3) is 11.8 Å². The Kier molecular flexibility index (Phi) is 6.55. The van der Waals surface area contributed by atoms with Gasteiger partial charge in [0.1, 0.15) is 4.83 Å². The highest BCUT2D eigenvalue weighted by atomic mass is 32.1. The van der Waals surface area contributed by atoms with E-state index in [0.29, 0.717) is 34.5 Å². The van der Waals surface area contributed by atoms with Gasteiger partial charge in [-0.25, -0.2) is 4.52 Å². The molecule has 0 bridgehead atoms. The van der Waals surface area contributed by atoms with Crippen LogP contribution in [0.1, 0.15) is 49.5 Å². The minimum atomic E-state index is -0.299. The molecular formula is C26H33N7O2S. The van der Waals surface area contributed by atoms with E-state index in [9.17, 15) is 9.59 Å². The molecule has 0 aromatic carbocycles. The second-order valence-corrected chi connectivity index (χ2v) is 10.9.